The van der Waals surface area contributed by atoms with E-state index in [9.17, 15) is 0 Å². The van der Waals surface area contributed by atoms with Crippen molar-refractivity contribution in [2.24, 2.45) is 0 Å². The van der Waals surface area contributed by atoms with E-state index < -0.39 is 0 Å². The van der Waals surface area contributed by atoms with E-state index in [0.717, 1.165) is 31.9 Å². The van der Waals surface area contributed by atoms with Crippen LogP contribution in [-0.4, -0.2) is 9.97 Å². The first-order valence-electron chi connectivity index (χ1n) is 9.39. The lowest BCUT2D eigenvalue weighted by atomic mass is 10.0. The molecule has 0 radical (unpaired) electrons. The van der Waals surface area contributed by atoms with E-state index in [1.54, 1.807) is 35.2 Å². The fraction of sp³-hybridized carbons (Fsp3) is 0. The number of benzene rings is 1. The summed E-state index contributed by atoms with van der Waals surface area (Å²) >= 11 is 3.38. The van der Waals surface area contributed by atoms with Gasteiger partial charge in [0.1, 0.15) is 11.4 Å². The summed E-state index contributed by atoms with van der Waals surface area (Å²) in [5.74, 6) is 1.32. The van der Waals surface area contributed by atoms with Gasteiger partial charge in [-0.2, -0.15) is 0 Å². The van der Waals surface area contributed by atoms with Crippen molar-refractivity contribution in [3.05, 3.63) is 84.0 Å². The molecule has 6 aromatic rings. The van der Waals surface area contributed by atoms with Gasteiger partial charge in [-0.3, -0.25) is 0 Å². The molecule has 0 aliphatic carbocycles. The molecule has 30 heavy (non-hydrogen) atoms. The molecule has 0 atom stereocenters. The molecular formula is C24H14N2O2S2. The predicted octanol–water partition coefficient (Wildman–Crippen LogP) is 7.61. The van der Waals surface area contributed by atoms with Crippen LogP contribution in [0.2, 0.25) is 0 Å². The van der Waals surface area contributed by atoms with E-state index in [1.807, 2.05) is 24.3 Å². The van der Waals surface area contributed by atoms with Gasteiger partial charge in [0.2, 0.25) is 0 Å². The fourth-order valence-corrected chi connectivity index (χ4v) is 5.07. The number of furan rings is 2. The molecule has 0 amide bonds. The summed E-state index contributed by atoms with van der Waals surface area (Å²) in [6, 6.07) is 20.1. The van der Waals surface area contributed by atoms with Gasteiger partial charge in [0.05, 0.1) is 23.6 Å². The maximum atomic E-state index is 5.70. The highest BCUT2D eigenvalue weighted by molar-refractivity contribution is 7.14. The summed E-state index contributed by atoms with van der Waals surface area (Å²) in [5, 5.41) is 4.15. The zero-order valence-corrected chi connectivity index (χ0v) is 17.2. The molecular weight excluding hydrogens is 412 g/mol. The Morgan fingerprint density at radius 3 is 1.43 bits per heavy atom. The lowest BCUT2D eigenvalue weighted by molar-refractivity contribution is 0.572. The Bertz CT molecular complexity index is 1310. The number of nitrogens with zero attached hydrogens (tertiary/aromatic N) is 2. The monoisotopic (exact) mass is 426 g/mol. The molecule has 0 bridgehead atoms. The van der Waals surface area contributed by atoms with Crippen LogP contribution in [0.4, 0.5) is 0 Å². The molecule has 6 heteroatoms. The molecule has 5 heterocycles. The summed E-state index contributed by atoms with van der Waals surface area (Å²) in [6.07, 6.45) is 3.30. The Morgan fingerprint density at radius 2 is 1.07 bits per heavy atom. The van der Waals surface area contributed by atoms with Gasteiger partial charge in [-0.05, 0) is 47.2 Å². The highest BCUT2D eigenvalue weighted by atomic mass is 32.1. The predicted molar refractivity (Wildman–Crippen MR) is 122 cm³/mol. The maximum Gasteiger partial charge on any atom is 0.154 e. The van der Waals surface area contributed by atoms with Crippen molar-refractivity contribution in [1.82, 2.24) is 9.97 Å². The van der Waals surface area contributed by atoms with Crippen molar-refractivity contribution in [1.29, 1.82) is 0 Å². The molecule has 0 saturated carbocycles. The second-order valence-corrected chi connectivity index (χ2v) is 8.58. The van der Waals surface area contributed by atoms with Crippen LogP contribution in [0, 0.1) is 0 Å². The fourth-order valence-electron chi connectivity index (χ4n) is 3.57. The smallest absolute Gasteiger partial charge is 0.154 e. The van der Waals surface area contributed by atoms with Crippen molar-refractivity contribution < 1.29 is 8.83 Å². The number of fused-ring (bicyclic) bond motifs is 1. The average Bonchev–Trinajstić information content (AvgIpc) is 3.60. The molecule has 0 aliphatic heterocycles. The lowest BCUT2D eigenvalue weighted by Crippen LogP contribution is -1.97. The molecule has 0 N–H and O–H groups in total. The Balaban J connectivity index is 1.74. The third-order valence-corrected chi connectivity index (χ3v) is 6.71. The van der Waals surface area contributed by atoms with Gasteiger partial charge < -0.3 is 8.83 Å². The van der Waals surface area contributed by atoms with E-state index in [0.29, 0.717) is 22.9 Å². The molecule has 0 aliphatic rings. The summed E-state index contributed by atoms with van der Waals surface area (Å²) in [6.45, 7) is 0. The van der Waals surface area contributed by atoms with Crippen LogP contribution >= 0.6 is 22.7 Å². The summed E-state index contributed by atoms with van der Waals surface area (Å²) < 4.78 is 11.4. The van der Waals surface area contributed by atoms with Gasteiger partial charge in [-0.15, -0.1) is 22.7 Å². The SMILES string of the molecule is c1coc(-c2nc3c(-c4cccs4)ccc(-c4cccs4)c3nc2-c2ccco2)c1. The van der Waals surface area contributed by atoms with E-state index >= 15 is 0 Å². The standard InChI is InChI=1S/C24H14N2O2S2/c1-5-17(27-11-1)23-24(18-6-2-12-28-18)26-22-16(20-8-4-14-30-20)10-9-15(21(22)25-23)19-7-3-13-29-19/h1-14H. The quantitative estimate of drug-likeness (QED) is 0.291. The molecule has 6 rings (SSSR count). The number of aromatic nitrogens is 2. The first-order valence-corrected chi connectivity index (χ1v) is 11.1. The molecule has 0 saturated heterocycles. The van der Waals surface area contributed by atoms with Crippen LogP contribution in [0.15, 0.2) is 92.8 Å². The molecule has 144 valence electrons. The zero-order valence-electron chi connectivity index (χ0n) is 15.6. The number of hydrogen-bond donors (Lipinski definition) is 0. The Kier molecular flexibility index (Phi) is 4.11. The van der Waals surface area contributed by atoms with E-state index in [4.69, 9.17) is 18.8 Å². The minimum atomic E-state index is 0.662. The maximum absolute atomic E-state index is 5.70. The van der Waals surface area contributed by atoms with Gasteiger partial charge >= 0.3 is 0 Å². The third-order valence-electron chi connectivity index (χ3n) is 4.91. The van der Waals surface area contributed by atoms with Crippen LogP contribution in [0.25, 0.3) is 54.8 Å². The molecule has 4 nitrogen and oxygen atoms in total. The minimum Gasteiger partial charge on any atom is -0.463 e. The topological polar surface area (TPSA) is 52.1 Å². The van der Waals surface area contributed by atoms with Crippen LogP contribution in [-0.2, 0) is 0 Å². The van der Waals surface area contributed by atoms with Gasteiger partial charge in [-0.25, -0.2) is 9.97 Å². The number of hydrogen-bond acceptors (Lipinski definition) is 6. The minimum absolute atomic E-state index is 0.662. The van der Waals surface area contributed by atoms with E-state index in [2.05, 4.69) is 47.2 Å². The van der Waals surface area contributed by atoms with Gasteiger partial charge in [0.25, 0.3) is 0 Å². The average molecular weight is 427 g/mol. The summed E-state index contributed by atoms with van der Waals surface area (Å²) in [4.78, 5) is 12.5. The molecule has 5 aromatic heterocycles. The van der Waals surface area contributed by atoms with Crippen LogP contribution < -0.4 is 0 Å². The van der Waals surface area contributed by atoms with Crippen molar-refractivity contribution in [2.75, 3.05) is 0 Å². The highest BCUT2D eigenvalue weighted by Crippen LogP contribution is 2.40. The Labute approximate surface area is 180 Å². The lowest BCUT2D eigenvalue weighted by Gasteiger charge is -2.12. The summed E-state index contributed by atoms with van der Waals surface area (Å²) in [7, 11) is 0. The first kappa shape index (κ1) is 17.4. The largest absolute Gasteiger partial charge is 0.463 e. The number of thiophene rings is 2. The van der Waals surface area contributed by atoms with Crippen molar-refractivity contribution in [2.45, 2.75) is 0 Å². The third kappa shape index (κ3) is 2.81. The molecule has 1 aromatic carbocycles. The van der Waals surface area contributed by atoms with E-state index in [1.165, 1.54) is 0 Å². The van der Waals surface area contributed by atoms with Crippen molar-refractivity contribution in [3.63, 3.8) is 0 Å². The number of rotatable bonds is 4. The molecule has 0 unspecified atom stereocenters. The molecule has 0 spiro atoms. The van der Waals surface area contributed by atoms with Crippen LogP contribution in [0.3, 0.4) is 0 Å². The van der Waals surface area contributed by atoms with Gasteiger partial charge in [0, 0.05) is 20.9 Å². The zero-order chi connectivity index (χ0) is 19.9. The normalized spacial score (nSPS) is 11.3. The van der Waals surface area contributed by atoms with E-state index in [-0.39, 0.29) is 0 Å². The Hall–Kier alpha value is -3.48. The summed E-state index contributed by atoms with van der Waals surface area (Å²) in [5.41, 5.74) is 5.17. The molecule has 0 fully saturated rings. The second-order valence-electron chi connectivity index (χ2n) is 6.69. The van der Waals surface area contributed by atoms with Crippen LogP contribution in [0.1, 0.15) is 0 Å². The highest BCUT2D eigenvalue weighted by Gasteiger charge is 2.21. The van der Waals surface area contributed by atoms with Crippen LogP contribution in [0.5, 0.6) is 0 Å². The van der Waals surface area contributed by atoms with Gasteiger partial charge in [-0.1, -0.05) is 24.3 Å². The van der Waals surface area contributed by atoms with Gasteiger partial charge in [0.15, 0.2) is 11.5 Å². The second kappa shape index (κ2) is 7.09. The Morgan fingerprint density at radius 1 is 0.567 bits per heavy atom. The van der Waals surface area contributed by atoms with Crippen molar-refractivity contribution in [3.8, 4) is 43.8 Å². The van der Waals surface area contributed by atoms with Crippen molar-refractivity contribution >= 4 is 33.7 Å². The first-order chi connectivity index (χ1) is 14.9.